The van der Waals surface area contributed by atoms with Crippen molar-refractivity contribution in [2.45, 2.75) is 0 Å². The van der Waals surface area contributed by atoms with Crippen LogP contribution >= 0.6 is 11.6 Å². The third kappa shape index (κ3) is 2.79. The first-order valence-corrected chi connectivity index (χ1v) is 5.21. The van der Waals surface area contributed by atoms with Gasteiger partial charge in [0.25, 0.3) is 5.91 Å². The number of benzene rings is 1. The molecule has 0 aliphatic carbocycles. The molecule has 0 aliphatic rings. The summed E-state index contributed by atoms with van der Waals surface area (Å²) in [6, 6.07) is 6.93. The van der Waals surface area contributed by atoms with Crippen molar-refractivity contribution < 1.29 is 9.18 Å². The fraction of sp³-hybridized carbons (Fsp3) is 0. The number of aromatic nitrogens is 1. The summed E-state index contributed by atoms with van der Waals surface area (Å²) < 4.78 is 12.8. The Morgan fingerprint density at radius 2 is 1.94 bits per heavy atom. The Hall–Kier alpha value is -1.94. The molecule has 0 fully saturated rings. The van der Waals surface area contributed by atoms with Crippen LogP contribution in [-0.4, -0.2) is 10.9 Å². The van der Waals surface area contributed by atoms with Gasteiger partial charge in [-0.3, -0.25) is 9.78 Å². The molecule has 2 rings (SSSR count). The molecule has 86 valence electrons. The van der Waals surface area contributed by atoms with E-state index in [1.54, 1.807) is 24.5 Å². The molecule has 5 heteroatoms. The maximum atomic E-state index is 12.8. The van der Waals surface area contributed by atoms with Crippen molar-refractivity contribution in [3.63, 3.8) is 0 Å². The van der Waals surface area contributed by atoms with E-state index in [9.17, 15) is 9.18 Å². The molecule has 0 bridgehead atoms. The Balaban J connectivity index is 2.21. The average Bonchev–Trinajstić information content (AvgIpc) is 2.30. The highest BCUT2D eigenvalue weighted by molar-refractivity contribution is 6.34. The Bertz CT molecular complexity index is 545. The van der Waals surface area contributed by atoms with Crippen molar-refractivity contribution in [1.82, 2.24) is 4.98 Å². The average molecular weight is 251 g/mol. The van der Waals surface area contributed by atoms with Gasteiger partial charge in [0.2, 0.25) is 0 Å². The highest BCUT2D eigenvalue weighted by atomic mass is 35.5. The number of hydrogen-bond acceptors (Lipinski definition) is 2. The molecule has 0 atom stereocenters. The maximum absolute atomic E-state index is 12.8. The predicted molar refractivity (Wildman–Crippen MR) is 63.6 cm³/mol. The van der Waals surface area contributed by atoms with Crippen LogP contribution in [0.25, 0.3) is 0 Å². The number of rotatable bonds is 2. The van der Waals surface area contributed by atoms with Crippen molar-refractivity contribution in [2.75, 3.05) is 5.32 Å². The van der Waals surface area contributed by atoms with E-state index < -0.39 is 5.82 Å². The molecule has 3 nitrogen and oxygen atoms in total. The van der Waals surface area contributed by atoms with Gasteiger partial charge < -0.3 is 5.32 Å². The van der Waals surface area contributed by atoms with Gasteiger partial charge in [-0.05, 0) is 30.3 Å². The highest BCUT2D eigenvalue weighted by Crippen LogP contribution is 2.18. The summed E-state index contributed by atoms with van der Waals surface area (Å²) in [7, 11) is 0. The summed E-state index contributed by atoms with van der Waals surface area (Å²) in [4.78, 5) is 15.6. The lowest BCUT2D eigenvalue weighted by Gasteiger charge is -2.06. The number of hydrogen-bond donors (Lipinski definition) is 1. The fourth-order valence-corrected chi connectivity index (χ4v) is 1.56. The van der Waals surface area contributed by atoms with E-state index in [4.69, 9.17) is 11.6 Å². The van der Waals surface area contributed by atoms with Crippen molar-refractivity contribution in [3.8, 4) is 0 Å². The van der Waals surface area contributed by atoms with Crippen LogP contribution in [-0.2, 0) is 0 Å². The smallest absolute Gasteiger partial charge is 0.257 e. The van der Waals surface area contributed by atoms with Crippen LogP contribution in [0.5, 0.6) is 0 Å². The molecule has 0 saturated carbocycles. The van der Waals surface area contributed by atoms with Crippen LogP contribution in [0.4, 0.5) is 10.1 Å². The van der Waals surface area contributed by atoms with Gasteiger partial charge in [0.1, 0.15) is 5.82 Å². The molecule has 1 N–H and O–H groups in total. The predicted octanol–water partition coefficient (Wildman–Crippen LogP) is 3.13. The van der Waals surface area contributed by atoms with Crippen LogP contribution in [0, 0.1) is 5.82 Å². The van der Waals surface area contributed by atoms with Crippen LogP contribution < -0.4 is 5.32 Å². The standard InChI is InChI=1S/C12H8ClFN2O/c13-11-7-8(14)1-2-10(11)12(17)16-9-3-5-15-6-4-9/h1-7H,(H,15,16,17). The summed E-state index contributed by atoms with van der Waals surface area (Å²) in [6.07, 6.45) is 3.11. The van der Waals surface area contributed by atoms with E-state index in [1.165, 1.54) is 12.1 Å². The lowest BCUT2D eigenvalue weighted by atomic mass is 10.2. The molecule has 0 saturated heterocycles. The first-order valence-electron chi connectivity index (χ1n) is 4.83. The number of nitrogens with one attached hydrogen (secondary N) is 1. The molecule has 1 aromatic carbocycles. The third-order valence-corrected chi connectivity index (χ3v) is 2.43. The van der Waals surface area contributed by atoms with E-state index in [1.807, 2.05) is 0 Å². The van der Waals surface area contributed by atoms with E-state index in [-0.39, 0.29) is 16.5 Å². The number of pyridine rings is 1. The second-order valence-electron chi connectivity index (χ2n) is 3.31. The minimum absolute atomic E-state index is 0.0801. The Labute approximate surface area is 102 Å². The second kappa shape index (κ2) is 4.93. The molecule has 1 heterocycles. The summed E-state index contributed by atoms with van der Waals surface area (Å²) in [5.41, 5.74) is 0.829. The second-order valence-corrected chi connectivity index (χ2v) is 3.72. The normalized spacial score (nSPS) is 10.0. The lowest BCUT2D eigenvalue weighted by Crippen LogP contribution is -2.12. The van der Waals surface area contributed by atoms with Gasteiger partial charge in [0, 0.05) is 18.1 Å². The van der Waals surface area contributed by atoms with Crippen molar-refractivity contribution in [1.29, 1.82) is 0 Å². The van der Waals surface area contributed by atoms with Crippen molar-refractivity contribution in [3.05, 3.63) is 59.1 Å². The quantitative estimate of drug-likeness (QED) is 0.890. The van der Waals surface area contributed by atoms with Gasteiger partial charge in [-0.25, -0.2) is 4.39 Å². The molecule has 0 aliphatic heterocycles. The lowest BCUT2D eigenvalue weighted by molar-refractivity contribution is 0.102. The molecular weight excluding hydrogens is 243 g/mol. The Morgan fingerprint density at radius 1 is 1.24 bits per heavy atom. The SMILES string of the molecule is O=C(Nc1ccncc1)c1ccc(F)cc1Cl. The van der Waals surface area contributed by atoms with Crippen LogP contribution in [0.1, 0.15) is 10.4 Å². The summed E-state index contributed by atoms with van der Waals surface area (Å²) in [6.45, 7) is 0. The van der Waals surface area contributed by atoms with Crippen molar-refractivity contribution >= 4 is 23.2 Å². The Morgan fingerprint density at radius 3 is 2.59 bits per heavy atom. The third-order valence-electron chi connectivity index (χ3n) is 2.11. The van der Waals surface area contributed by atoms with E-state index >= 15 is 0 Å². The van der Waals surface area contributed by atoms with E-state index in [2.05, 4.69) is 10.3 Å². The molecule has 0 radical (unpaired) electrons. The Kier molecular flexibility index (Phi) is 3.35. The zero-order chi connectivity index (χ0) is 12.3. The molecule has 17 heavy (non-hydrogen) atoms. The fourth-order valence-electron chi connectivity index (χ4n) is 1.31. The summed E-state index contributed by atoms with van der Waals surface area (Å²) >= 11 is 5.78. The van der Waals surface area contributed by atoms with Crippen molar-refractivity contribution in [2.24, 2.45) is 0 Å². The summed E-state index contributed by atoms with van der Waals surface area (Å²) in [5.74, 6) is -0.864. The summed E-state index contributed by atoms with van der Waals surface area (Å²) in [5, 5.41) is 2.71. The minimum Gasteiger partial charge on any atom is -0.322 e. The van der Waals surface area contributed by atoms with E-state index in [0.717, 1.165) is 6.07 Å². The monoisotopic (exact) mass is 250 g/mol. The largest absolute Gasteiger partial charge is 0.322 e. The van der Waals surface area contributed by atoms with Gasteiger partial charge in [-0.2, -0.15) is 0 Å². The van der Waals surface area contributed by atoms with Gasteiger partial charge in [0.15, 0.2) is 0 Å². The number of anilines is 1. The highest BCUT2D eigenvalue weighted by Gasteiger charge is 2.10. The molecule has 0 unspecified atom stereocenters. The molecule has 0 spiro atoms. The van der Waals surface area contributed by atoms with Gasteiger partial charge in [0.05, 0.1) is 10.6 Å². The van der Waals surface area contributed by atoms with Gasteiger partial charge in [-0.1, -0.05) is 11.6 Å². The molecule has 1 amide bonds. The zero-order valence-corrected chi connectivity index (χ0v) is 9.41. The first kappa shape index (κ1) is 11.5. The van der Waals surface area contributed by atoms with Crippen LogP contribution in [0.15, 0.2) is 42.7 Å². The number of carbonyl (C=O) groups excluding carboxylic acids is 1. The van der Waals surface area contributed by atoms with Gasteiger partial charge in [-0.15, -0.1) is 0 Å². The molecule has 2 aromatic rings. The number of halogens is 2. The first-order chi connectivity index (χ1) is 8.16. The number of nitrogens with zero attached hydrogens (tertiary/aromatic N) is 1. The minimum atomic E-state index is -0.476. The van der Waals surface area contributed by atoms with Gasteiger partial charge >= 0.3 is 0 Å². The number of carbonyl (C=O) groups is 1. The van der Waals surface area contributed by atoms with Crippen LogP contribution in [0.3, 0.4) is 0 Å². The molecule has 1 aromatic heterocycles. The molecular formula is C12H8ClFN2O. The number of amides is 1. The zero-order valence-electron chi connectivity index (χ0n) is 8.65. The topological polar surface area (TPSA) is 42.0 Å². The van der Waals surface area contributed by atoms with E-state index in [0.29, 0.717) is 5.69 Å². The van der Waals surface area contributed by atoms with Crippen LogP contribution in [0.2, 0.25) is 5.02 Å². The maximum Gasteiger partial charge on any atom is 0.257 e.